The van der Waals surface area contributed by atoms with Gasteiger partial charge in [0.15, 0.2) is 5.78 Å². The van der Waals surface area contributed by atoms with Gasteiger partial charge in [0.2, 0.25) is 16.0 Å². The smallest absolute Gasteiger partial charge is 0.244 e. The highest BCUT2D eigenvalue weighted by Crippen LogP contribution is 2.29. The highest BCUT2D eigenvalue weighted by Gasteiger charge is 2.27. The van der Waals surface area contributed by atoms with E-state index in [1.165, 1.54) is 6.42 Å². The van der Waals surface area contributed by atoms with Crippen molar-refractivity contribution in [2.75, 3.05) is 5.73 Å². The molecule has 0 radical (unpaired) electrons. The third kappa shape index (κ3) is 2.81. The number of carbonyl (C=O) groups is 1. The minimum atomic E-state index is -3.64. The van der Waals surface area contributed by atoms with E-state index >= 15 is 0 Å². The Morgan fingerprint density at radius 2 is 1.92 bits per heavy atom. The predicted molar refractivity (Wildman–Crippen MR) is 94.5 cm³/mol. The molecular weight excluding hydrogens is 326 g/mol. The lowest BCUT2D eigenvalue weighted by Gasteiger charge is -2.20. The molecule has 0 atom stereocenters. The van der Waals surface area contributed by atoms with E-state index in [4.69, 9.17) is 5.73 Å². The van der Waals surface area contributed by atoms with Crippen molar-refractivity contribution in [1.29, 1.82) is 0 Å². The number of nitrogen functional groups attached to an aromatic ring is 1. The van der Waals surface area contributed by atoms with Crippen LogP contribution in [0.5, 0.6) is 0 Å². The summed E-state index contributed by atoms with van der Waals surface area (Å²) >= 11 is 0. The first-order valence-electron chi connectivity index (χ1n) is 8.39. The second-order valence-corrected chi connectivity index (χ2v) is 9.07. The van der Waals surface area contributed by atoms with Gasteiger partial charge in [-0.1, -0.05) is 19.3 Å². The molecule has 0 spiro atoms. The van der Waals surface area contributed by atoms with Gasteiger partial charge in [-0.25, -0.2) is 17.4 Å². The molecule has 0 saturated heterocycles. The van der Waals surface area contributed by atoms with E-state index in [9.17, 15) is 13.2 Å². The number of rotatable bonds is 4. The number of nitrogens with zero attached hydrogens (tertiary/aromatic N) is 2. The van der Waals surface area contributed by atoms with Gasteiger partial charge in [0.1, 0.15) is 0 Å². The summed E-state index contributed by atoms with van der Waals surface area (Å²) in [5.74, 6) is 0.0532. The summed E-state index contributed by atoms with van der Waals surface area (Å²) in [4.78, 5) is 16.9. The lowest BCUT2D eigenvalue weighted by Crippen LogP contribution is -2.24. The van der Waals surface area contributed by atoms with Gasteiger partial charge in [-0.15, -0.1) is 0 Å². The summed E-state index contributed by atoms with van der Waals surface area (Å²) in [7, 11) is -3.64. The van der Waals surface area contributed by atoms with E-state index in [0.29, 0.717) is 16.6 Å². The first kappa shape index (κ1) is 17.0. The Bertz CT molecular complexity index is 878. The van der Waals surface area contributed by atoms with Gasteiger partial charge >= 0.3 is 0 Å². The Morgan fingerprint density at radius 3 is 2.54 bits per heavy atom. The zero-order valence-corrected chi connectivity index (χ0v) is 14.8. The molecule has 1 fully saturated rings. The molecule has 1 aliphatic rings. The number of aromatic nitrogens is 2. The van der Waals surface area contributed by atoms with Crippen LogP contribution in [-0.2, 0) is 10.0 Å². The van der Waals surface area contributed by atoms with Crippen LogP contribution in [0.3, 0.4) is 0 Å². The van der Waals surface area contributed by atoms with E-state index in [0.717, 1.165) is 29.7 Å². The maximum absolute atomic E-state index is 12.7. The molecule has 7 heteroatoms. The number of Topliss-reactive ketones (excluding diaryl/α,β-unsaturated/α-hetero) is 1. The second-order valence-electron chi connectivity index (χ2n) is 6.73. The molecule has 1 aromatic carbocycles. The van der Waals surface area contributed by atoms with Gasteiger partial charge in [0, 0.05) is 11.5 Å². The van der Waals surface area contributed by atoms with Crippen LogP contribution < -0.4 is 5.73 Å². The molecule has 130 valence electrons. The van der Waals surface area contributed by atoms with Crippen LogP contribution in [-0.4, -0.2) is 28.4 Å². The zero-order valence-electron chi connectivity index (χ0n) is 14.0. The summed E-state index contributed by atoms with van der Waals surface area (Å²) in [5.41, 5.74) is 7.23. The van der Waals surface area contributed by atoms with Gasteiger partial charge < -0.3 is 5.73 Å². The Hall–Kier alpha value is -1.89. The molecule has 0 aliphatic heterocycles. The van der Waals surface area contributed by atoms with Crippen LogP contribution in [0.15, 0.2) is 18.2 Å². The number of hydrogen-bond acceptors (Lipinski definition) is 5. The molecule has 24 heavy (non-hydrogen) atoms. The molecule has 1 saturated carbocycles. The normalized spacial score (nSPS) is 16.8. The van der Waals surface area contributed by atoms with E-state index in [2.05, 4.69) is 4.98 Å². The number of ketones is 1. The van der Waals surface area contributed by atoms with Crippen molar-refractivity contribution in [1.82, 2.24) is 8.96 Å². The summed E-state index contributed by atoms with van der Waals surface area (Å²) < 4.78 is 26.2. The fourth-order valence-electron chi connectivity index (χ4n) is 3.30. The van der Waals surface area contributed by atoms with Gasteiger partial charge in [-0.2, -0.15) is 0 Å². The van der Waals surface area contributed by atoms with E-state index in [-0.39, 0.29) is 17.6 Å². The SMILES string of the molecule is CC(C)S(=O)(=O)n1c(N)nc2ccc(C(=O)C3CCCCC3)cc21. The number of imidazole rings is 1. The number of anilines is 1. The van der Waals surface area contributed by atoms with E-state index < -0.39 is 15.3 Å². The third-order valence-electron chi connectivity index (χ3n) is 4.75. The van der Waals surface area contributed by atoms with Crippen LogP contribution in [0.2, 0.25) is 0 Å². The molecule has 2 N–H and O–H groups in total. The standard InChI is InChI=1S/C17H23N3O3S/c1-11(2)24(22,23)20-15-10-13(8-9-14(15)19-17(20)18)16(21)12-6-4-3-5-7-12/h8-12H,3-7H2,1-2H3,(H2,18,19). The monoisotopic (exact) mass is 349 g/mol. The van der Waals surface area contributed by atoms with Crippen molar-refractivity contribution < 1.29 is 13.2 Å². The summed E-state index contributed by atoms with van der Waals surface area (Å²) in [6, 6.07) is 5.02. The zero-order chi connectivity index (χ0) is 17.5. The van der Waals surface area contributed by atoms with Gasteiger partial charge in [-0.05, 0) is 44.9 Å². The Labute approximate surface area is 142 Å². The lowest BCUT2D eigenvalue weighted by atomic mass is 9.84. The van der Waals surface area contributed by atoms with Crippen molar-refractivity contribution in [2.45, 2.75) is 51.2 Å². The van der Waals surface area contributed by atoms with Crippen LogP contribution in [0.25, 0.3) is 11.0 Å². The van der Waals surface area contributed by atoms with Crippen LogP contribution in [0, 0.1) is 5.92 Å². The number of hydrogen-bond donors (Lipinski definition) is 1. The molecule has 1 aromatic heterocycles. The van der Waals surface area contributed by atoms with Crippen molar-refractivity contribution in [3.63, 3.8) is 0 Å². The third-order valence-corrected chi connectivity index (χ3v) is 6.83. The summed E-state index contributed by atoms with van der Waals surface area (Å²) in [6.07, 6.45) is 5.14. The minimum Gasteiger partial charge on any atom is -0.368 e. The number of nitrogens with two attached hydrogens (primary N) is 1. The highest BCUT2D eigenvalue weighted by molar-refractivity contribution is 7.90. The quantitative estimate of drug-likeness (QED) is 0.856. The number of fused-ring (bicyclic) bond motifs is 1. The van der Waals surface area contributed by atoms with Crippen molar-refractivity contribution in [2.24, 2.45) is 5.92 Å². The molecule has 3 rings (SSSR count). The second kappa shape index (κ2) is 6.20. The van der Waals surface area contributed by atoms with Crippen molar-refractivity contribution in [3.8, 4) is 0 Å². The van der Waals surface area contributed by atoms with Gasteiger partial charge in [0.05, 0.1) is 16.3 Å². The molecule has 0 unspecified atom stereocenters. The summed E-state index contributed by atoms with van der Waals surface area (Å²) in [5, 5.41) is -0.630. The van der Waals surface area contributed by atoms with Crippen molar-refractivity contribution in [3.05, 3.63) is 23.8 Å². The minimum absolute atomic E-state index is 0.0339. The molecule has 2 aromatic rings. The maximum atomic E-state index is 12.7. The average molecular weight is 349 g/mol. The van der Waals surface area contributed by atoms with Crippen molar-refractivity contribution >= 4 is 32.8 Å². The first-order chi connectivity index (χ1) is 11.3. The number of carbonyl (C=O) groups excluding carboxylic acids is 1. The summed E-state index contributed by atoms with van der Waals surface area (Å²) in [6.45, 7) is 3.19. The topological polar surface area (TPSA) is 95.1 Å². The Morgan fingerprint density at radius 1 is 1.25 bits per heavy atom. The predicted octanol–water partition coefficient (Wildman–Crippen LogP) is 2.97. The molecule has 0 amide bonds. The fourth-order valence-corrected chi connectivity index (χ4v) is 4.45. The maximum Gasteiger partial charge on any atom is 0.244 e. The van der Waals surface area contributed by atoms with E-state index in [1.807, 2.05) is 0 Å². The molecule has 1 aliphatic carbocycles. The first-order valence-corrected chi connectivity index (χ1v) is 9.89. The van der Waals surface area contributed by atoms with Gasteiger partial charge in [0.25, 0.3) is 0 Å². The molecule has 0 bridgehead atoms. The fraction of sp³-hybridized carbons (Fsp3) is 0.529. The van der Waals surface area contributed by atoms with Crippen LogP contribution >= 0.6 is 0 Å². The highest BCUT2D eigenvalue weighted by atomic mass is 32.2. The molecular formula is C17H23N3O3S. The molecule has 1 heterocycles. The van der Waals surface area contributed by atoms with Crippen LogP contribution in [0.4, 0.5) is 5.95 Å². The lowest BCUT2D eigenvalue weighted by molar-refractivity contribution is 0.0889. The largest absolute Gasteiger partial charge is 0.368 e. The Kier molecular flexibility index (Phi) is 4.38. The van der Waals surface area contributed by atoms with Crippen LogP contribution in [0.1, 0.15) is 56.3 Å². The number of benzene rings is 1. The Balaban J connectivity index is 2.09. The van der Waals surface area contributed by atoms with E-state index in [1.54, 1.807) is 32.0 Å². The van der Waals surface area contributed by atoms with Gasteiger partial charge in [-0.3, -0.25) is 4.79 Å². The molecule has 6 nitrogen and oxygen atoms in total. The average Bonchev–Trinajstić information content (AvgIpc) is 2.90.